The van der Waals surface area contributed by atoms with Crippen LogP contribution in [-0.2, 0) is 0 Å². The predicted molar refractivity (Wildman–Crippen MR) is 121 cm³/mol. The molecule has 1 fully saturated rings. The SMILES string of the molecule is CNC(=O)c1nc(-c2cc(C)cc(N(C(=O)O)C3CCCCC3)c2C(C)C)cnc1N. The van der Waals surface area contributed by atoms with E-state index in [9.17, 15) is 14.7 Å². The van der Waals surface area contributed by atoms with Crippen LogP contribution in [0.3, 0.4) is 0 Å². The Morgan fingerprint density at radius 2 is 1.90 bits per heavy atom. The van der Waals surface area contributed by atoms with Gasteiger partial charge in [-0.1, -0.05) is 33.1 Å². The van der Waals surface area contributed by atoms with E-state index in [0.29, 0.717) is 11.4 Å². The zero-order valence-electron chi connectivity index (χ0n) is 18.6. The highest BCUT2D eigenvalue weighted by molar-refractivity contribution is 5.97. The van der Waals surface area contributed by atoms with Crippen LogP contribution in [0.25, 0.3) is 11.3 Å². The van der Waals surface area contributed by atoms with Crippen molar-refractivity contribution in [3.63, 3.8) is 0 Å². The molecule has 4 N–H and O–H groups in total. The molecule has 1 aliphatic rings. The van der Waals surface area contributed by atoms with Gasteiger partial charge in [0.2, 0.25) is 0 Å². The van der Waals surface area contributed by atoms with Crippen molar-refractivity contribution < 1.29 is 14.7 Å². The number of aromatic nitrogens is 2. The first kappa shape index (κ1) is 22.5. The molecule has 0 aliphatic heterocycles. The Kier molecular flexibility index (Phi) is 6.77. The van der Waals surface area contributed by atoms with Gasteiger partial charge in [-0.3, -0.25) is 9.69 Å². The third-order valence-electron chi connectivity index (χ3n) is 5.80. The molecule has 2 aromatic rings. The van der Waals surface area contributed by atoms with Crippen LogP contribution in [-0.4, -0.2) is 40.2 Å². The number of amides is 2. The zero-order valence-corrected chi connectivity index (χ0v) is 18.6. The maximum absolute atomic E-state index is 12.4. The summed E-state index contributed by atoms with van der Waals surface area (Å²) in [5.74, 6) is -0.338. The van der Waals surface area contributed by atoms with Crippen molar-refractivity contribution in [2.45, 2.75) is 64.8 Å². The molecular weight excluding hydrogens is 394 g/mol. The maximum atomic E-state index is 12.4. The van der Waals surface area contributed by atoms with Crippen molar-refractivity contribution in [1.29, 1.82) is 0 Å². The molecule has 0 saturated heterocycles. The highest BCUT2D eigenvalue weighted by Crippen LogP contribution is 2.40. The minimum atomic E-state index is -0.945. The lowest BCUT2D eigenvalue weighted by molar-refractivity contribution is 0.0959. The number of aryl methyl sites for hydroxylation is 1. The normalized spacial score (nSPS) is 14.5. The van der Waals surface area contributed by atoms with E-state index in [2.05, 4.69) is 15.3 Å². The first-order chi connectivity index (χ1) is 14.7. The molecule has 0 atom stereocenters. The van der Waals surface area contributed by atoms with Gasteiger partial charge in [-0.2, -0.15) is 0 Å². The number of nitrogen functional groups attached to an aromatic ring is 1. The van der Waals surface area contributed by atoms with Gasteiger partial charge in [0, 0.05) is 18.7 Å². The number of anilines is 2. The summed E-state index contributed by atoms with van der Waals surface area (Å²) in [6, 6.07) is 3.86. The number of carbonyl (C=O) groups is 2. The van der Waals surface area contributed by atoms with Crippen molar-refractivity contribution in [3.05, 3.63) is 35.2 Å². The number of nitrogens with zero attached hydrogens (tertiary/aromatic N) is 3. The molecule has 8 heteroatoms. The second-order valence-electron chi connectivity index (χ2n) is 8.41. The van der Waals surface area contributed by atoms with Gasteiger partial charge < -0.3 is 16.2 Å². The molecule has 0 bridgehead atoms. The van der Waals surface area contributed by atoms with E-state index in [1.165, 1.54) is 18.1 Å². The van der Waals surface area contributed by atoms with Crippen LogP contribution in [0.2, 0.25) is 0 Å². The van der Waals surface area contributed by atoms with Crippen molar-refractivity contribution in [1.82, 2.24) is 15.3 Å². The highest BCUT2D eigenvalue weighted by Gasteiger charge is 2.30. The van der Waals surface area contributed by atoms with Crippen molar-refractivity contribution >= 4 is 23.5 Å². The van der Waals surface area contributed by atoms with Gasteiger partial charge in [-0.05, 0) is 48.9 Å². The summed E-state index contributed by atoms with van der Waals surface area (Å²) in [6.45, 7) is 5.99. The van der Waals surface area contributed by atoms with Gasteiger partial charge in [0.1, 0.15) is 0 Å². The molecular formula is C23H31N5O3. The molecule has 1 aromatic carbocycles. The Morgan fingerprint density at radius 1 is 1.23 bits per heavy atom. The second kappa shape index (κ2) is 9.32. The van der Waals surface area contributed by atoms with E-state index in [0.717, 1.165) is 48.8 Å². The fourth-order valence-electron chi connectivity index (χ4n) is 4.41. The number of hydrogen-bond acceptors (Lipinski definition) is 5. The van der Waals surface area contributed by atoms with Crippen molar-refractivity contribution in [3.8, 4) is 11.3 Å². The molecule has 0 radical (unpaired) electrons. The van der Waals surface area contributed by atoms with E-state index in [1.807, 2.05) is 32.9 Å². The van der Waals surface area contributed by atoms with Crippen LogP contribution in [0.4, 0.5) is 16.3 Å². The molecule has 1 aliphatic carbocycles. The minimum absolute atomic E-state index is 0.0267. The molecule has 3 rings (SSSR count). The summed E-state index contributed by atoms with van der Waals surface area (Å²) in [6.07, 6.45) is 5.51. The van der Waals surface area contributed by atoms with Crippen LogP contribution < -0.4 is 16.0 Å². The topological polar surface area (TPSA) is 121 Å². The van der Waals surface area contributed by atoms with Gasteiger partial charge in [0.15, 0.2) is 11.5 Å². The van der Waals surface area contributed by atoms with Crippen LogP contribution in [0.15, 0.2) is 18.3 Å². The average molecular weight is 426 g/mol. The molecule has 31 heavy (non-hydrogen) atoms. The third kappa shape index (κ3) is 4.62. The van der Waals surface area contributed by atoms with E-state index >= 15 is 0 Å². The van der Waals surface area contributed by atoms with Crippen LogP contribution >= 0.6 is 0 Å². The number of benzene rings is 1. The smallest absolute Gasteiger partial charge is 0.412 e. The van der Waals surface area contributed by atoms with Gasteiger partial charge in [-0.15, -0.1) is 0 Å². The van der Waals surface area contributed by atoms with Gasteiger partial charge >= 0.3 is 6.09 Å². The summed E-state index contributed by atoms with van der Waals surface area (Å²) in [5.41, 5.74) is 9.66. The Morgan fingerprint density at radius 3 is 2.48 bits per heavy atom. The Labute approximate surface area is 182 Å². The van der Waals surface area contributed by atoms with E-state index in [-0.39, 0.29) is 23.5 Å². The molecule has 0 unspecified atom stereocenters. The predicted octanol–water partition coefficient (Wildman–Crippen LogP) is 4.33. The zero-order chi connectivity index (χ0) is 22.7. The van der Waals surface area contributed by atoms with Crippen molar-refractivity contribution in [2.24, 2.45) is 0 Å². The lowest BCUT2D eigenvalue weighted by Crippen LogP contribution is -2.41. The van der Waals surface area contributed by atoms with E-state index < -0.39 is 12.0 Å². The van der Waals surface area contributed by atoms with Gasteiger partial charge in [0.25, 0.3) is 5.91 Å². The molecule has 1 heterocycles. The fourth-order valence-corrected chi connectivity index (χ4v) is 4.41. The maximum Gasteiger partial charge on any atom is 0.412 e. The number of hydrogen-bond donors (Lipinski definition) is 3. The second-order valence-corrected chi connectivity index (χ2v) is 8.41. The standard InChI is InChI=1S/C23H31N5O3/c1-13(2)19-16(17-12-26-21(24)20(27-17)22(29)25-4)10-14(3)11-18(19)28(23(30)31)15-8-6-5-7-9-15/h10-13,15H,5-9H2,1-4H3,(H2,24,26)(H,25,29)(H,30,31). The lowest BCUT2D eigenvalue weighted by atomic mass is 9.88. The van der Waals surface area contributed by atoms with E-state index in [4.69, 9.17) is 5.73 Å². The first-order valence-corrected chi connectivity index (χ1v) is 10.8. The molecule has 8 nitrogen and oxygen atoms in total. The third-order valence-corrected chi connectivity index (χ3v) is 5.80. The number of carbonyl (C=O) groups excluding carboxylic acids is 1. The van der Waals surface area contributed by atoms with E-state index in [1.54, 1.807) is 0 Å². The molecule has 1 saturated carbocycles. The molecule has 166 valence electrons. The number of nitrogens with two attached hydrogens (primary N) is 1. The number of carboxylic acid groups (broad SMARTS) is 1. The summed E-state index contributed by atoms with van der Waals surface area (Å²) in [7, 11) is 1.51. The quantitative estimate of drug-likeness (QED) is 0.655. The summed E-state index contributed by atoms with van der Waals surface area (Å²) in [4.78, 5) is 34.8. The highest BCUT2D eigenvalue weighted by atomic mass is 16.4. The Hall–Kier alpha value is -3.16. The first-order valence-electron chi connectivity index (χ1n) is 10.8. The summed E-state index contributed by atoms with van der Waals surface area (Å²) >= 11 is 0. The largest absolute Gasteiger partial charge is 0.465 e. The van der Waals surface area contributed by atoms with Gasteiger partial charge in [0.05, 0.1) is 17.6 Å². The molecule has 1 aromatic heterocycles. The Balaban J connectivity index is 2.22. The van der Waals surface area contributed by atoms with Gasteiger partial charge in [-0.25, -0.2) is 14.8 Å². The monoisotopic (exact) mass is 425 g/mol. The average Bonchev–Trinajstić information content (AvgIpc) is 2.73. The lowest BCUT2D eigenvalue weighted by Gasteiger charge is -2.35. The Bertz CT molecular complexity index is 983. The summed E-state index contributed by atoms with van der Waals surface area (Å²) < 4.78 is 0. The van der Waals surface area contributed by atoms with Crippen LogP contribution in [0.5, 0.6) is 0 Å². The molecule has 0 spiro atoms. The summed E-state index contributed by atoms with van der Waals surface area (Å²) in [5, 5.41) is 12.7. The minimum Gasteiger partial charge on any atom is -0.465 e. The molecule has 2 amide bonds. The van der Waals surface area contributed by atoms with Crippen molar-refractivity contribution in [2.75, 3.05) is 17.7 Å². The fraction of sp³-hybridized carbons (Fsp3) is 0.478. The van der Waals surface area contributed by atoms with Crippen LogP contribution in [0.1, 0.15) is 73.5 Å². The van der Waals surface area contributed by atoms with Crippen LogP contribution in [0, 0.1) is 6.92 Å². The number of rotatable bonds is 5. The number of nitrogens with one attached hydrogen (secondary N) is 1.